The van der Waals surface area contributed by atoms with E-state index in [1.54, 1.807) is 0 Å². The molecular weight excluding hydrogens is 292 g/mol. The molecule has 0 aliphatic carbocycles. The van der Waals surface area contributed by atoms with E-state index in [1.165, 1.54) is 0 Å². The van der Waals surface area contributed by atoms with E-state index in [1.807, 2.05) is 54.6 Å². The van der Waals surface area contributed by atoms with Crippen LogP contribution in [0.3, 0.4) is 0 Å². The Bertz CT molecular complexity index is 640. The molecule has 120 valence electrons. The third-order valence-corrected chi connectivity index (χ3v) is 3.59. The number of anilines is 3. The zero-order valence-electron chi connectivity index (χ0n) is 12.8. The number of carbonyl (C=O) groups excluding carboxylic acids is 1. The minimum Gasteiger partial charge on any atom is -0.379 e. The van der Waals surface area contributed by atoms with Crippen molar-refractivity contribution in [3.8, 4) is 0 Å². The summed E-state index contributed by atoms with van der Waals surface area (Å²) in [5.41, 5.74) is 2.54. The summed E-state index contributed by atoms with van der Waals surface area (Å²) in [6.07, 6.45) is 0.873. The van der Waals surface area contributed by atoms with E-state index >= 15 is 0 Å². The van der Waals surface area contributed by atoms with Gasteiger partial charge in [0.1, 0.15) is 6.61 Å². The van der Waals surface area contributed by atoms with Crippen LogP contribution in [0.4, 0.5) is 17.1 Å². The molecule has 1 atom stereocenters. The van der Waals surface area contributed by atoms with Crippen molar-refractivity contribution in [1.29, 1.82) is 0 Å². The minimum atomic E-state index is -0.167. The molecule has 23 heavy (non-hydrogen) atoms. The summed E-state index contributed by atoms with van der Waals surface area (Å²) in [6.45, 7) is 1.31. The van der Waals surface area contributed by atoms with Crippen molar-refractivity contribution < 1.29 is 14.3 Å². The van der Waals surface area contributed by atoms with Gasteiger partial charge in [-0.2, -0.15) is 0 Å². The number of amides is 1. The third kappa shape index (κ3) is 4.55. The van der Waals surface area contributed by atoms with E-state index in [-0.39, 0.29) is 18.6 Å². The highest BCUT2D eigenvalue weighted by molar-refractivity contribution is 5.95. The van der Waals surface area contributed by atoms with Gasteiger partial charge in [-0.25, -0.2) is 0 Å². The highest BCUT2D eigenvalue weighted by Gasteiger charge is 2.17. The molecular formula is C18H20N2O3. The Morgan fingerprint density at radius 1 is 1.09 bits per heavy atom. The lowest BCUT2D eigenvalue weighted by Crippen LogP contribution is -2.23. The summed E-state index contributed by atoms with van der Waals surface area (Å²) in [6, 6.07) is 17.4. The summed E-state index contributed by atoms with van der Waals surface area (Å²) < 4.78 is 10.8. The maximum atomic E-state index is 12.1. The first-order valence-electron chi connectivity index (χ1n) is 7.71. The standard InChI is InChI=1S/C18H20N2O3/c21-18(13-23-15-10-11-22-12-15)20-17-9-5-4-8-16(17)19-14-6-2-1-3-7-14/h1-9,15,19H,10-13H2,(H,20,21)/t15-/m1/s1. The quantitative estimate of drug-likeness (QED) is 0.860. The molecule has 5 heteroatoms. The van der Waals surface area contributed by atoms with Crippen molar-refractivity contribution >= 4 is 23.0 Å². The molecule has 2 aromatic rings. The lowest BCUT2D eigenvalue weighted by atomic mass is 10.2. The van der Waals surface area contributed by atoms with Gasteiger partial charge < -0.3 is 20.1 Å². The van der Waals surface area contributed by atoms with Gasteiger partial charge in [0.15, 0.2) is 0 Å². The Hall–Kier alpha value is -2.37. The molecule has 0 saturated carbocycles. The zero-order valence-corrected chi connectivity index (χ0v) is 12.8. The van der Waals surface area contributed by atoms with Crippen molar-refractivity contribution in [2.45, 2.75) is 12.5 Å². The second-order valence-electron chi connectivity index (χ2n) is 5.38. The Labute approximate surface area is 135 Å². The second-order valence-corrected chi connectivity index (χ2v) is 5.38. The van der Waals surface area contributed by atoms with Gasteiger partial charge in [0.05, 0.1) is 24.1 Å². The lowest BCUT2D eigenvalue weighted by Gasteiger charge is -2.14. The summed E-state index contributed by atoms with van der Waals surface area (Å²) in [5, 5.41) is 6.19. The Kier molecular flexibility index (Phi) is 5.24. The van der Waals surface area contributed by atoms with Crippen LogP contribution in [0.2, 0.25) is 0 Å². The first-order valence-corrected chi connectivity index (χ1v) is 7.71. The molecule has 0 unspecified atom stereocenters. The van der Waals surface area contributed by atoms with Crippen molar-refractivity contribution in [1.82, 2.24) is 0 Å². The fourth-order valence-corrected chi connectivity index (χ4v) is 2.40. The van der Waals surface area contributed by atoms with Gasteiger partial charge >= 0.3 is 0 Å². The van der Waals surface area contributed by atoms with Crippen molar-refractivity contribution in [3.63, 3.8) is 0 Å². The smallest absolute Gasteiger partial charge is 0.250 e. The molecule has 2 N–H and O–H groups in total. The fraction of sp³-hybridized carbons (Fsp3) is 0.278. The molecule has 0 radical (unpaired) electrons. The number of hydrogen-bond acceptors (Lipinski definition) is 4. The predicted octanol–water partition coefficient (Wildman–Crippen LogP) is 3.17. The number of carbonyl (C=O) groups is 1. The van der Waals surface area contributed by atoms with Crippen LogP contribution in [0.25, 0.3) is 0 Å². The van der Waals surface area contributed by atoms with E-state index in [4.69, 9.17) is 9.47 Å². The largest absolute Gasteiger partial charge is 0.379 e. The number of para-hydroxylation sites is 3. The van der Waals surface area contributed by atoms with Crippen molar-refractivity contribution in [3.05, 3.63) is 54.6 Å². The van der Waals surface area contributed by atoms with Crippen LogP contribution < -0.4 is 10.6 Å². The highest BCUT2D eigenvalue weighted by Crippen LogP contribution is 2.25. The topological polar surface area (TPSA) is 59.6 Å². The van der Waals surface area contributed by atoms with Gasteiger partial charge in [0, 0.05) is 12.3 Å². The molecule has 1 saturated heterocycles. The molecule has 1 aliphatic heterocycles. The fourth-order valence-electron chi connectivity index (χ4n) is 2.40. The summed E-state index contributed by atoms with van der Waals surface area (Å²) >= 11 is 0. The van der Waals surface area contributed by atoms with E-state index in [0.717, 1.165) is 23.5 Å². The lowest BCUT2D eigenvalue weighted by molar-refractivity contribution is -0.122. The average molecular weight is 312 g/mol. The molecule has 3 rings (SSSR count). The molecule has 0 aromatic heterocycles. The summed E-state index contributed by atoms with van der Waals surface area (Å²) in [5.74, 6) is -0.167. The van der Waals surface area contributed by atoms with Crippen LogP contribution >= 0.6 is 0 Å². The summed E-state index contributed by atoms with van der Waals surface area (Å²) in [4.78, 5) is 12.1. The van der Waals surface area contributed by atoms with E-state index < -0.39 is 0 Å². The highest BCUT2D eigenvalue weighted by atomic mass is 16.5. The van der Waals surface area contributed by atoms with E-state index in [9.17, 15) is 4.79 Å². The molecule has 1 heterocycles. The monoisotopic (exact) mass is 312 g/mol. The number of hydrogen-bond donors (Lipinski definition) is 2. The maximum Gasteiger partial charge on any atom is 0.250 e. The normalized spacial score (nSPS) is 17.0. The van der Waals surface area contributed by atoms with Crippen LogP contribution in [-0.2, 0) is 14.3 Å². The molecule has 0 spiro atoms. The van der Waals surface area contributed by atoms with Gasteiger partial charge in [-0.05, 0) is 30.7 Å². The second kappa shape index (κ2) is 7.76. The van der Waals surface area contributed by atoms with Gasteiger partial charge in [0.2, 0.25) is 5.91 Å². The first-order chi connectivity index (χ1) is 11.3. The van der Waals surface area contributed by atoms with E-state index in [2.05, 4.69) is 10.6 Å². The average Bonchev–Trinajstić information content (AvgIpc) is 3.09. The molecule has 5 nitrogen and oxygen atoms in total. The third-order valence-electron chi connectivity index (χ3n) is 3.59. The molecule has 0 bridgehead atoms. The minimum absolute atomic E-state index is 0.0263. The van der Waals surface area contributed by atoms with Gasteiger partial charge in [-0.15, -0.1) is 0 Å². The van der Waals surface area contributed by atoms with Crippen LogP contribution in [0.15, 0.2) is 54.6 Å². The van der Waals surface area contributed by atoms with Gasteiger partial charge in [0.25, 0.3) is 0 Å². The number of rotatable bonds is 6. The number of ether oxygens (including phenoxy) is 2. The Morgan fingerprint density at radius 3 is 2.57 bits per heavy atom. The number of nitrogens with one attached hydrogen (secondary N) is 2. The van der Waals surface area contributed by atoms with Crippen molar-refractivity contribution in [2.75, 3.05) is 30.5 Å². The van der Waals surface area contributed by atoms with Crippen LogP contribution in [0.1, 0.15) is 6.42 Å². The molecule has 1 amide bonds. The predicted molar refractivity (Wildman–Crippen MR) is 90.0 cm³/mol. The van der Waals surface area contributed by atoms with Gasteiger partial charge in [-0.3, -0.25) is 4.79 Å². The molecule has 1 fully saturated rings. The number of benzene rings is 2. The van der Waals surface area contributed by atoms with E-state index in [0.29, 0.717) is 13.2 Å². The van der Waals surface area contributed by atoms with Crippen molar-refractivity contribution in [2.24, 2.45) is 0 Å². The van der Waals surface area contributed by atoms with Crippen LogP contribution in [-0.4, -0.2) is 31.8 Å². The van der Waals surface area contributed by atoms with Crippen LogP contribution in [0, 0.1) is 0 Å². The Balaban J connectivity index is 1.59. The Morgan fingerprint density at radius 2 is 1.83 bits per heavy atom. The first kappa shape index (κ1) is 15.5. The maximum absolute atomic E-state index is 12.1. The SMILES string of the molecule is O=C(CO[C@@H]1CCOC1)Nc1ccccc1Nc1ccccc1. The zero-order chi connectivity index (χ0) is 15.9. The molecule has 2 aromatic carbocycles. The van der Waals surface area contributed by atoms with Gasteiger partial charge in [-0.1, -0.05) is 30.3 Å². The molecule has 1 aliphatic rings. The van der Waals surface area contributed by atoms with Crippen LogP contribution in [0.5, 0.6) is 0 Å². The summed E-state index contributed by atoms with van der Waals surface area (Å²) in [7, 11) is 0.